The third kappa shape index (κ3) is 3.15. The molecule has 0 unspecified atom stereocenters. The van der Waals surface area contributed by atoms with Gasteiger partial charge in [0.15, 0.2) is 0 Å². The first-order chi connectivity index (χ1) is 10.9. The largest absolute Gasteiger partial charge is 0.380 e. The first kappa shape index (κ1) is 17.2. The van der Waals surface area contributed by atoms with Gasteiger partial charge in [-0.15, -0.1) is 11.8 Å². The average Bonchev–Trinajstić information content (AvgIpc) is 2.56. The lowest BCUT2D eigenvalue weighted by molar-refractivity contribution is -0.118. The Balaban J connectivity index is 2.77. The standard InChI is InChI=1S/C14H18N4O4S/c1-15-9(19)7-23-11-8(6-22-4)5-16-12-10(11)13(20)18(3)14(21)17(12)2/h5H,6-7H2,1-4H3,(H,15,19). The van der Waals surface area contributed by atoms with Gasteiger partial charge < -0.3 is 10.1 Å². The number of nitrogens with one attached hydrogen (secondary N) is 1. The summed E-state index contributed by atoms with van der Waals surface area (Å²) in [6, 6.07) is 0. The molecule has 0 aliphatic rings. The number of rotatable bonds is 5. The lowest BCUT2D eigenvalue weighted by atomic mass is 10.2. The maximum Gasteiger partial charge on any atom is 0.332 e. The predicted molar refractivity (Wildman–Crippen MR) is 87.7 cm³/mol. The molecule has 2 rings (SSSR count). The monoisotopic (exact) mass is 338 g/mol. The van der Waals surface area contributed by atoms with Gasteiger partial charge in [-0.25, -0.2) is 9.78 Å². The van der Waals surface area contributed by atoms with Crippen molar-refractivity contribution in [1.29, 1.82) is 0 Å². The Hall–Kier alpha value is -2.13. The number of nitrogens with zero attached hydrogens (tertiary/aromatic N) is 3. The highest BCUT2D eigenvalue weighted by Gasteiger charge is 2.18. The zero-order valence-corrected chi connectivity index (χ0v) is 14.2. The fraction of sp³-hybridized carbons (Fsp3) is 0.429. The van der Waals surface area contributed by atoms with Gasteiger partial charge in [-0.3, -0.25) is 18.7 Å². The van der Waals surface area contributed by atoms with E-state index in [4.69, 9.17) is 4.74 Å². The summed E-state index contributed by atoms with van der Waals surface area (Å²) in [4.78, 5) is 41.0. The van der Waals surface area contributed by atoms with Crippen LogP contribution in [0.3, 0.4) is 0 Å². The molecule has 0 bridgehead atoms. The second-order valence-electron chi connectivity index (χ2n) is 4.91. The van der Waals surface area contributed by atoms with Gasteiger partial charge in [0, 0.05) is 44.9 Å². The lowest BCUT2D eigenvalue weighted by Crippen LogP contribution is -2.37. The number of pyridine rings is 1. The van der Waals surface area contributed by atoms with Crippen LogP contribution in [0.1, 0.15) is 5.56 Å². The van der Waals surface area contributed by atoms with Crippen LogP contribution in [0.2, 0.25) is 0 Å². The van der Waals surface area contributed by atoms with E-state index in [1.54, 1.807) is 20.3 Å². The summed E-state index contributed by atoms with van der Waals surface area (Å²) in [5, 5.41) is 2.85. The van der Waals surface area contributed by atoms with Crippen LogP contribution in [-0.2, 0) is 30.2 Å². The van der Waals surface area contributed by atoms with Crippen LogP contribution < -0.4 is 16.6 Å². The van der Waals surface area contributed by atoms with Crippen molar-refractivity contribution in [3.05, 3.63) is 32.6 Å². The van der Waals surface area contributed by atoms with Gasteiger partial charge in [0.25, 0.3) is 5.56 Å². The topological polar surface area (TPSA) is 95.2 Å². The number of amides is 1. The van der Waals surface area contributed by atoms with Crippen molar-refractivity contribution in [2.24, 2.45) is 14.1 Å². The maximum absolute atomic E-state index is 12.5. The molecule has 0 spiro atoms. The van der Waals surface area contributed by atoms with E-state index < -0.39 is 11.2 Å². The number of methoxy groups -OCH3 is 1. The van der Waals surface area contributed by atoms with Crippen LogP contribution in [0.5, 0.6) is 0 Å². The van der Waals surface area contributed by atoms with Gasteiger partial charge >= 0.3 is 5.69 Å². The van der Waals surface area contributed by atoms with E-state index in [0.29, 0.717) is 15.8 Å². The minimum atomic E-state index is -0.447. The minimum Gasteiger partial charge on any atom is -0.380 e. The Morgan fingerprint density at radius 1 is 1.35 bits per heavy atom. The van der Waals surface area contributed by atoms with Gasteiger partial charge in [0.05, 0.1) is 17.7 Å². The molecule has 0 saturated heterocycles. The molecule has 8 nitrogen and oxygen atoms in total. The second-order valence-corrected chi connectivity index (χ2v) is 5.90. The number of aryl methyl sites for hydroxylation is 1. The van der Waals surface area contributed by atoms with Crippen molar-refractivity contribution in [2.45, 2.75) is 11.5 Å². The predicted octanol–water partition coefficient (Wildman–Crippen LogP) is -0.383. The molecule has 9 heteroatoms. The van der Waals surface area contributed by atoms with E-state index in [-0.39, 0.29) is 23.9 Å². The third-order valence-corrected chi connectivity index (χ3v) is 4.58. The molecule has 23 heavy (non-hydrogen) atoms. The van der Waals surface area contributed by atoms with Crippen LogP contribution in [0.4, 0.5) is 0 Å². The number of aromatic nitrogens is 3. The summed E-state index contributed by atoms with van der Waals surface area (Å²) in [5.74, 6) is -0.0109. The summed E-state index contributed by atoms with van der Waals surface area (Å²) in [6.45, 7) is 0.255. The lowest BCUT2D eigenvalue weighted by Gasteiger charge is -2.13. The maximum atomic E-state index is 12.5. The molecular weight excluding hydrogens is 320 g/mol. The Labute approximate surface area is 136 Å². The van der Waals surface area contributed by atoms with Crippen LogP contribution in [0, 0.1) is 0 Å². The zero-order chi connectivity index (χ0) is 17.1. The molecule has 0 saturated carbocycles. The van der Waals surface area contributed by atoms with E-state index in [1.165, 1.54) is 30.5 Å². The molecule has 2 heterocycles. The highest BCUT2D eigenvalue weighted by Crippen LogP contribution is 2.28. The van der Waals surface area contributed by atoms with E-state index in [1.807, 2.05) is 0 Å². The summed E-state index contributed by atoms with van der Waals surface area (Å²) in [6.07, 6.45) is 1.57. The Morgan fingerprint density at radius 2 is 2.04 bits per heavy atom. The number of ether oxygens (including phenoxy) is 1. The van der Waals surface area contributed by atoms with Gasteiger partial charge in [0.1, 0.15) is 5.65 Å². The molecule has 1 N–H and O–H groups in total. The normalized spacial score (nSPS) is 11.0. The number of thioether (sulfide) groups is 1. The molecule has 0 radical (unpaired) electrons. The fourth-order valence-corrected chi connectivity index (χ4v) is 3.21. The molecule has 0 aliphatic heterocycles. The van der Waals surface area contributed by atoms with Gasteiger partial charge in [-0.05, 0) is 0 Å². The van der Waals surface area contributed by atoms with E-state index in [0.717, 1.165) is 4.57 Å². The van der Waals surface area contributed by atoms with Crippen LogP contribution in [-0.4, -0.2) is 39.9 Å². The van der Waals surface area contributed by atoms with Gasteiger partial charge in [-0.2, -0.15) is 0 Å². The first-order valence-corrected chi connectivity index (χ1v) is 7.80. The quantitative estimate of drug-likeness (QED) is 0.747. The van der Waals surface area contributed by atoms with Crippen molar-refractivity contribution < 1.29 is 9.53 Å². The summed E-state index contributed by atoms with van der Waals surface area (Å²) < 4.78 is 7.49. The van der Waals surface area contributed by atoms with Gasteiger partial charge in [-0.1, -0.05) is 0 Å². The van der Waals surface area contributed by atoms with E-state index in [9.17, 15) is 14.4 Å². The molecule has 1 amide bonds. The van der Waals surface area contributed by atoms with Gasteiger partial charge in [0.2, 0.25) is 5.91 Å². The van der Waals surface area contributed by atoms with Crippen molar-refractivity contribution in [2.75, 3.05) is 19.9 Å². The van der Waals surface area contributed by atoms with Crippen molar-refractivity contribution >= 4 is 28.7 Å². The van der Waals surface area contributed by atoms with Crippen molar-refractivity contribution in [3.8, 4) is 0 Å². The second kappa shape index (κ2) is 6.97. The fourth-order valence-electron chi connectivity index (χ4n) is 2.17. The number of carbonyl (C=O) groups excluding carboxylic acids is 1. The molecule has 0 atom stereocenters. The zero-order valence-electron chi connectivity index (χ0n) is 13.4. The highest BCUT2D eigenvalue weighted by molar-refractivity contribution is 8.00. The van der Waals surface area contributed by atoms with Crippen LogP contribution >= 0.6 is 11.8 Å². The smallest absolute Gasteiger partial charge is 0.332 e. The van der Waals surface area contributed by atoms with Crippen molar-refractivity contribution in [1.82, 2.24) is 19.4 Å². The molecule has 124 valence electrons. The molecule has 0 aliphatic carbocycles. The first-order valence-electron chi connectivity index (χ1n) is 6.82. The SMILES string of the molecule is CNC(=O)CSc1c(COC)cnc2c1c(=O)n(C)c(=O)n2C. The summed E-state index contributed by atoms with van der Waals surface area (Å²) in [7, 11) is 6.06. The average molecular weight is 338 g/mol. The summed E-state index contributed by atoms with van der Waals surface area (Å²) in [5.41, 5.74) is 0.103. The Bertz CT molecular complexity index is 872. The Kier molecular flexibility index (Phi) is 5.22. The highest BCUT2D eigenvalue weighted by atomic mass is 32.2. The molecule has 2 aromatic heterocycles. The third-order valence-electron chi connectivity index (χ3n) is 3.42. The Morgan fingerprint density at radius 3 is 2.65 bits per heavy atom. The number of hydrogen-bond acceptors (Lipinski definition) is 6. The molecule has 2 aromatic rings. The number of fused-ring (bicyclic) bond motifs is 1. The minimum absolute atomic E-state index is 0.151. The molecule has 0 aromatic carbocycles. The number of carbonyl (C=O) groups is 1. The van der Waals surface area contributed by atoms with E-state index in [2.05, 4.69) is 10.3 Å². The number of hydrogen-bond donors (Lipinski definition) is 1. The van der Waals surface area contributed by atoms with E-state index >= 15 is 0 Å². The molecule has 0 fully saturated rings. The molecular formula is C14H18N4O4S. The van der Waals surface area contributed by atoms with Crippen LogP contribution in [0.15, 0.2) is 20.7 Å². The van der Waals surface area contributed by atoms with Crippen LogP contribution in [0.25, 0.3) is 11.0 Å². The summed E-state index contributed by atoms with van der Waals surface area (Å²) >= 11 is 1.23. The van der Waals surface area contributed by atoms with Crippen molar-refractivity contribution in [3.63, 3.8) is 0 Å².